The van der Waals surface area contributed by atoms with Crippen LogP contribution in [0.25, 0.3) is 0 Å². The first-order valence-corrected chi connectivity index (χ1v) is 3.55. The molecule has 0 aliphatic carbocycles. The Morgan fingerprint density at radius 1 is 1.42 bits per heavy atom. The number of hydrogen-bond donors (Lipinski definition) is 1. The zero-order valence-electron chi connectivity index (χ0n) is 6.70. The Kier molecular flexibility index (Phi) is 2.45. The summed E-state index contributed by atoms with van der Waals surface area (Å²) in [6, 6.07) is 4.64. The molecule has 0 saturated carbocycles. The van der Waals surface area contributed by atoms with Gasteiger partial charge in [-0.25, -0.2) is 9.90 Å². The monoisotopic (exact) mass is 165 g/mol. The van der Waals surface area contributed by atoms with Gasteiger partial charge in [-0.15, -0.1) is 0 Å². The third-order valence-corrected chi connectivity index (χ3v) is 1.55. The zero-order valence-corrected chi connectivity index (χ0v) is 6.70. The van der Waals surface area contributed by atoms with E-state index in [4.69, 9.17) is 5.11 Å². The molecule has 3 nitrogen and oxygen atoms in total. The van der Waals surface area contributed by atoms with E-state index < -0.39 is 5.97 Å². The van der Waals surface area contributed by atoms with Crippen molar-refractivity contribution in [3.63, 3.8) is 0 Å². The third kappa shape index (κ3) is 1.83. The van der Waals surface area contributed by atoms with Gasteiger partial charge in [0.05, 0.1) is 5.56 Å². The molecular formula is C9H9O3. The van der Waals surface area contributed by atoms with Crippen LogP contribution >= 0.6 is 0 Å². The van der Waals surface area contributed by atoms with Gasteiger partial charge in [0.2, 0.25) is 0 Å². The number of hydrogen-bond acceptors (Lipinski definition) is 1. The van der Waals surface area contributed by atoms with Crippen LogP contribution in [0.15, 0.2) is 18.2 Å². The van der Waals surface area contributed by atoms with Crippen LogP contribution in [0.1, 0.15) is 21.5 Å². The summed E-state index contributed by atoms with van der Waals surface area (Å²) in [5.41, 5.74) is 1.51. The molecular weight excluding hydrogens is 156 g/mol. The molecule has 0 fully saturated rings. The van der Waals surface area contributed by atoms with E-state index in [9.17, 15) is 9.90 Å². The molecule has 0 amide bonds. The molecule has 1 aromatic rings. The van der Waals surface area contributed by atoms with Crippen molar-refractivity contribution < 1.29 is 15.0 Å². The van der Waals surface area contributed by atoms with Crippen molar-refractivity contribution in [3.8, 4) is 0 Å². The summed E-state index contributed by atoms with van der Waals surface area (Å²) >= 11 is 0. The van der Waals surface area contributed by atoms with Crippen molar-refractivity contribution in [2.75, 3.05) is 0 Å². The van der Waals surface area contributed by atoms with Gasteiger partial charge < -0.3 is 5.11 Å². The van der Waals surface area contributed by atoms with E-state index >= 15 is 0 Å². The SMILES string of the molecule is Cc1cc(C[O])cc(C(=O)O)c1. The first-order chi connectivity index (χ1) is 5.63. The number of carbonyl (C=O) groups is 1. The molecule has 0 aromatic heterocycles. The molecule has 0 unspecified atom stereocenters. The number of aryl methyl sites for hydroxylation is 1. The lowest BCUT2D eigenvalue weighted by molar-refractivity contribution is 0.0696. The summed E-state index contributed by atoms with van der Waals surface area (Å²) < 4.78 is 0. The maximum atomic E-state index is 10.5. The number of rotatable bonds is 2. The lowest BCUT2D eigenvalue weighted by Gasteiger charge is -2.00. The summed E-state index contributed by atoms with van der Waals surface area (Å²) in [7, 11) is 0. The Balaban J connectivity index is 3.15. The van der Waals surface area contributed by atoms with Crippen LogP contribution in [0.5, 0.6) is 0 Å². The van der Waals surface area contributed by atoms with E-state index in [2.05, 4.69) is 0 Å². The highest BCUT2D eigenvalue weighted by Crippen LogP contribution is 2.09. The number of aromatic carboxylic acids is 1. The average Bonchev–Trinajstić information content (AvgIpc) is 2.03. The Labute approximate surface area is 70.3 Å². The van der Waals surface area contributed by atoms with Gasteiger partial charge in [-0.2, -0.15) is 0 Å². The Morgan fingerprint density at radius 3 is 2.58 bits per heavy atom. The maximum Gasteiger partial charge on any atom is 0.335 e. The van der Waals surface area contributed by atoms with Gasteiger partial charge in [-0.3, -0.25) is 0 Å². The van der Waals surface area contributed by atoms with Gasteiger partial charge >= 0.3 is 5.97 Å². The molecule has 0 atom stereocenters. The van der Waals surface area contributed by atoms with Crippen molar-refractivity contribution in [1.82, 2.24) is 0 Å². The van der Waals surface area contributed by atoms with E-state index in [1.807, 2.05) is 0 Å². The molecule has 3 heteroatoms. The van der Waals surface area contributed by atoms with E-state index in [0.29, 0.717) is 5.56 Å². The number of carboxylic acids is 1. The predicted molar refractivity (Wildman–Crippen MR) is 42.5 cm³/mol. The quantitative estimate of drug-likeness (QED) is 0.723. The van der Waals surface area contributed by atoms with E-state index in [1.54, 1.807) is 19.1 Å². The molecule has 1 rings (SSSR count). The van der Waals surface area contributed by atoms with Crippen molar-refractivity contribution in [2.24, 2.45) is 0 Å². The second kappa shape index (κ2) is 3.36. The van der Waals surface area contributed by atoms with Gasteiger partial charge in [0.1, 0.15) is 6.61 Å². The minimum absolute atomic E-state index is 0.181. The Morgan fingerprint density at radius 2 is 2.08 bits per heavy atom. The summed E-state index contributed by atoms with van der Waals surface area (Å²) in [5.74, 6) is -0.992. The van der Waals surface area contributed by atoms with E-state index in [0.717, 1.165) is 5.56 Å². The Bertz CT molecular complexity index is 305. The first-order valence-electron chi connectivity index (χ1n) is 3.55. The number of carboxylic acid groups (broad SMARTS) is 1. The van der Waals surface area contributed by atoms with Crippen LogP contribution in [0.2, 0.25) is 0 Å². The molecule has 1 aromatic carbocycles. The fraction of sp³-hybridized carbons (Fsp3) is 0.222. The van der Waals surface area contributed by atoms with Crippen molar-refractivity contribution in [3.05, 3.63) is 34.9 Å². The highest BCUT2D eigenvalue weighted by atomic mass is 16.4. The Hall–Kier alpha value is -1.35. The highest BCUT2D eigenvalue weighted by molar-refractivity contribution is 5.88. The molecule has 1 N–H and O–H groups in total. The van der Waals surface area contributed by atoms with Crippen molar-refractivity contribution in [2.45, 2.75) is 13.5 Å². The fourth-order valence-electron chi connectivity index (χ4n) is 1.07. The molecule has 63 valence electrons. The van der Waals surface area contributed by atoms with Crippen molar-refractivity contribution >= 4 is 5.97 Å². The fourth-order valence-corrected chi connectivity index (χ4v) is 1.07. The molecule has 0 spiro atoms. The number of benzene rings is 1. The van der Waals surface area contributed by atoms with E-state index in [-0.39, 0.29) is 12.2 Å². The second-order valence-electron chi connectivity index (χ2n) is 2.66. The van der Waals surface area contributed by atoms with Gasteiger partial charge in [-0.05, 0) is 30.2 Å². The molecule has 0 saturated heterocycles. The molecule has 0 bridgehead atoms. The van der Waals surface area contributed by atoms with Gasteiger partial charge in [0.25, 0.3) is 0 Å². The predicted octanol–water partition coefficient (Wildman–Crippen LogP) is 1.62. The minimum Gasteiger partial charge on any atom is -0.478 e. The van der Waals surface area contributed by atoms with Gasteiger partial charge in [0, 0.05) is 0 Å². The summed E-state index contributed by atoms with van der Waals surface area (Å²) in [6.45, 7) is 1.40. The smallest absolute Gasteiger partial charge is 0.335 e. The topological polar surface area (TPSA) is 57.2 Å². The average molecular weight is 165 g/mol. The lowest BCUT2D eigenvalue weighted by Crippen LogP contribution is -1.98. The third-order valence-electron chi connectivity index (χ3n) is 1.55. The summed E-state index contributed by atoms with van der Waals surface area (Å²) in [6.07, 6.45) is 0. The maximum absolute atomic E-state index is 10.5. The van der Waals surface area contributed by atoms with Crippen LogP contribution in [0.3, 0.4) is 0 Å². The molecule has 1 radical (unpaired) electrons. The minimum atomic E-state index is -0.992. The van der Waals surface area contributed by atoms with Gasteiger partial charge in [-0.1, -0.05) is 6.07 Å². The first kappa shape index (κ1) is 8.74. The second-order valence-corrected chi connectivity index (χ2v) is 2.66. The van der Waals surface area contributed by atoms with Crippen LogP contribution < -0.4 is 0 Å². The molecule has 0 heterocycles. The highest BCUT2D eigenvalue weighted by Gasteiger charge is 2.04. The van der Waals surface area contributed by atoms with Crippen molar-refractivity contribution in [1.29, 1.82) is 0 Å². The lowest BCUT2D eigenvalue weighted by atomic mass is 10.1. The zero-order chi connectivity index (χ0) is 9.14. The van der Waals surface area contributed by atoms with Gasteiger partial charge in [0.15, 0.2) is 0 Å². The van der Waals surface area contributed by atoms with Crippen LogP contribution in [0.4, 0.5) is 0 Å². The molecule has 12 heavy (non-hydrogen) atoms. The summed E-state index contributed by atoms with van der Waals surface area (Å²) in [4.78, 5) is 10.5. The van der Waals surface area contributed by atoms with Crippen LogP contribution in [0, 0.1) is 6.92 Å². The molecule has 0 aliphatic heterocycles. The normalized spacial score (nSPS) is 9.83. The van der Waals surface area contributed by atoms with Crippen LogP contribution in [-0.2, 0) is 11.7 Å². The molecule has 0 aliphatic rings. The summed E-state index contributed by atoms with van der Waals surface area (Å²) in [5, 5.41) is 19.1. The largest absolute Gasteiger partial charge is 0.478 e. The van der Waals surface area contributed by atoms with Crippen LogP contribution in [-0.4, -0.2) is 11.1 Å². The standard InChI is InChI=1S/C9H9O3/c1-6-2-7(5-10)4-8(3-6)9(11)12/h2-4H,5H2,1H3,(H,11,12). The van der Waals surface area contributed by atoms with E-state index in [1.165, 1.54) is 6.07 Å².